The van der Waals surface area contributed by atoms with Gasteiger partial charge >= 0.3 is 0 Å². The summed E-state index contributed by atoms with van der Waals surface area (Å²) in [6.07, 6.45) is 3.35. The molecule has 3 aromatic heterocycles. The van der Waals surface area contributed by atoms with Gasteiger partial charge in [0.25, 0.3) is 5.91 Å². The lowest BCUT2D eigenvalue weighted by Crippen LogP contribution is -2.28. The average Bonchev–Trinajstić information content (AvgIpc) is 3.20. The standard InChI is InChI=1S/C28H22N4O3/c1-4-10-19-13-8-14-21-23(19)25(33)24(20-11-6-5-7-12-20)26(35-21)18(3)30-28(34)22-17(2)31-32-16-9-15-29-27(22)32/h5-9,11-16,18H,1-3H3,(H,30,34)/t18-/m0/s1. The van der Waals surface area contributed by atoms with Crippen molar-refractivity contribution in [2.45, 2.75) is 26.8 Å². The molecule has 0 aliphatic heterocycles. The molecule has 2 aromatic carbocycles. The van der Waals surface area contributed by atoms with Gasteiger partial charge in [0, 0.05) is 18.0 Å². The van der Waals surface area contributed by atoms with Crippen molar-refractivity contribution in [3.8, 4) is 23.0 Å². The number of aromatic nitrogens is 3. The van der Waals surface area contributed by atoms with Crippen LogP contribution in [0.15, 0.2) is 76.2 Å². The van der Waals surface area contributed by atoms with Gasteiger partial charge < -0.3 is 9.73 Å². The lowest BCUT2D eigenvalue weighted by Gasteiger charge is -2.18. The first-order valence-electron chi connectivity index (χ1n) is 11.2. The molecule has 0 bridgehead atoms. The fourth-order valence-corrected chi connectivity index (χ4v) is 4.28. The quantitative estimate of drug-likeness (QED) is 0.392. The predicted octanol–water partition coefficient (Wildman–Crippen LogP) is 4.67. The highest BCUT2D eigenvalue weighted by Gasteiger charge is 2.25. The third kappa shape index (κ3) is 3.85. The number of hydrogen-bond acceptors (Lipinski definition) is 5. The van der Waals surface area contributed by atoms with Gasteiger partial charge in [-0.3, -0.25) is 9.59 Å². The van der Waals surface area contributed by atoms with Crippen molar-refractivity contribution in [1.82, 2.24) is 19.9 Å². The SMILES string of the molecule is CC#Cc1cccc2oc([C@H](C)NC(=O)c3c(C)nn4cccnc34)c(-c3ccccc3)c(=O)c12. The Labute approximate surface area is 201 Å². The Balaban J connectivity index is 1.66. The molecule has 5 aromatic rings. The number of fused-ring (bicyclic) bond motifs is 2. The Bertz CT molecular complexity index is 1710. The van der Waals surface area contributed by atoms with E-state index in [-0.39, 0.29) is 11.3 Å². The van der Waals surface area contributed by atoms with Crippen LogP contribution in [0.4, 0.5) is 0 Å². The third-order valence-corrected chi connectivity index (χ3v) is 5.81. The summed E-state index contributed by atoms with van der Waals surface area (Å²) in [4.78, 5) is 31.5. The molecule has 0 radical (unpaired) electrons. The first-order valence-corrected chi connectivity index (χ1v) is 11.2. The van der Waals surface area contributed by atoms with E-state index in [9.17, 15) is 9.59 Å². The molecule has 172 valence electrons. The molecule has 1 atom stereocenters. The molecule has 35 heavy (non-hydrogen) atoms. The molecule has 5 rings (SSSR count). The molecule has 0 aliphatic carbocycles. The fraction of sp³-hybridized carbons (Fsp3) is 0.143. The smallest absolute Gasteiger partial charge is 0.257 e. The summed E-state index contributed by atoms with van der Waals surface area (Å²) >= 11 is 0. The van der Waals surface area contributed by atoms with Crippen molar-refractivity contribution in [3.05, 3.63) is 99.8 Å². The summed E-state index contributed by atoms with van der Waals surface area (Å²) in [7, 11) is 0. The zero-order valence-electron chi connectivity index (χ0n) is 19.5. The summed E-state index contributed by atoms with van der Waals surface area (Å²) in [5, 5.41) is 7.77. The molecule has 0 saturated heterocycles. The van der Waals surface area contributed by atoms with Gasteiger partial charge in [0.15, 0.2) is 5.65 Å². The van der Waals surface area contributed by atoms with Crippen LogP contribution in [-0.2, 0) is 0 Å². The minimum absolute atomic E-state index is 0.194. The number of aryl methyl sites for hydroxylation is 1. The number of amides is 1. The molecular weight excluding hydrogens is 440 g/mol. The fourth-order valence-electron chi connectivity index (χ4n) is 4.28. The summed E-state index contributed by atoms with van der Waals surface area (Å²) < 4.78 is 7.86. The lowest BCUT2D eigenvalue weighted by atomic mass is 9.97. The van der Waals surface area contributed by atoms with E-state index in [4.69, 9.17) is 4.42 Å². The number of carbonyl (C=O) groups is 1. The van der Waals surface area contributed by atoms with E-state index in [1.165, 1.54) is 0 Å². The number of hydrogen-bond donors (Lipinski definition) is 1. The zero-order chi connectivity index (χ0) is 24.5. The highest BCUT2D eigenvalue weighted by atomic mass is 16.3. The van der Waals surface area contributed by atoms with Crippen LogP contribution in [0, 0.1) is 18.8 Å². The maximum atomic E-state index is 13.8. The Kier molecular flexibility index (Phi) is 5.63. The number of carbonyl (C=O) groups excluding carboxylic acids is 1. The second-order valence-electron chi connectivity index (χ2n) is 8.13. The summed E-state index contributed by atoms with van der Waals surface area (Å²) in [6.45, 7) is 5.27. The van der Waals surface area contributed by atoms with Crippen molar-refractivity contribution in [2.24, 2.45) is 0 Å². The van der Waals surface area contributed by atoms with E-state index in [0.717, 1.165) is 0 Å². The van der Waals surface area contributed by atoms with Crippen LogP contribution in [0.1, 0.15) is 47.3 Å². The van der Waals surface area contributed by atoms with Crippen LogP contribution in [0.3, 0.4) is 0 Å². The van der Waals surface area contributed by atoms with Crippen LogP contribution in [0.25, 0.3) is 27.7 Å². The number of nitrogens with zero attached hydrogens (tertiary/aromatic N) is 3. The minimum Gasteiger partial charge on any atom is -0.458 e. The van der Waals surface area contributed by atoms with Gasteiger partial charge in [-0.15, -0.1) is 5.92 Å². The molecular formula is C28H22N4O3. The highest BCUT2D eigenvalue weighted by molar-refractivity contribution is 6.01. The number of rotatable bonds is 4. The van der Waals surface area contributed by atoms with Gasteiger partial charge in [-0.05, 0) is 44.5 Å². The van der Waals surface area contributed by atoms with E-state index in [0.29, 0.717) is 50.3 Å². The van der Waals surface area contributed by atoms with Crippen molar-refractivity contribution >= 4 is 22.5 Å². The van der Waals surface area contributed by atoms with Crippen LogP contribution in [0.5, 0.6) is 0 Å². The van der Waals surface area contributed by atoms with E-state index >= 15 is 0 Å². The topological polar surface area (TPSA) is 89.5 Å². The first kappa shape index (κ1) is 22.1. The Morgan fingerprint density at radius 1 is 1.11 bits per heavy atom. The maximum absolute atomic E-state index is 13.8. The Morgan fingerprint density at radius 3 is 2.69 bits per heavy atom. The van der Waals surface area contributed by atoms with Crippen LogP contribution in [-0.4, -0.2) is 20.5 Å². The summed E-state index contributed by atoms with van der Waals surface area (Å²) in [5.41, 5.74) is 3.31. The Hall–Kier alpha value is -4.70. The van der Waals surface area contributed by atoms with Gasteiger partial charge in [-0.2, -0.15) is 5.10 Å². The second-order valence-corrected chi connectivity index (χ2v) is 8.13. The minimum atomic E-state index is -0.617. The predicted molar refractivity (Wildman–Crippen MR) is 134 cm³/mol. The molecule has 0 saturated carbocycles. The monoisotopic (exact) mass is 462 g/mol. The lowest BCUT2D eigenvalue weighted by molar-refractivity contribution is 0.0936. The normalized spacial score (nSPS) is 11.7. The number of nitrogens with one attached hydrogen (secondary N) is 1. The zero-order valence-corrected chi connectivity index (χ0v) is 19.5. The van der Waals surface area contributed by atoms with Gasteiger partial charge in [0.1, 0.15) is 16.9 Å². The highest BCUT2D eigenvalue weighted by Crippen LogP contribution is 2.30. The number of benzene rings is 2. The van der Waals surface area contributed by atoms with Gasteiger partial charge in [-0.1, -0.05) is 42.3 Å². The molecule has 0 aliphatic rings. The molecule has 7 heteroatoms. The van der Waals surface area contributed by atoms with Gasteiger partial charge in [-0.25, -0.2) is 9.50 Å². The van der Waals surface area contributed by atoms with Crippen molar-refractivity contribution in [2.75, 3.05) is 0 Å². The van der Waals surface area contributed by atoms with E-state index in [1.54, 1.807) is 61.9 Å². The van der Waals surface area contributed by atoms with Crippen molar-refractivity contribution in [1.29, 1.82) is 0 Å². The summed E-state index contributed by atoms with van der Waals surface area (Å²) in [5.74, 6) is 5.87. The first-order chi connectivity index (χ1) is 17.0. The second kappa shape index (κ2) is 8.92. The van der Waals surface area contributed by atoms with Crippen LogP contribution >= 0.6 is 0 Å². The summed E-state index contributed by atoms with van der Waals surface area (Å²) in [6, 6.07) is 15.8. The van der Waals surface area contributed by atoms with E-state index in [1.807, 2.05) is 30.3 Å². The van der Waals surface area contributed by atoms with Gasteiger partial charge in [0.2, 0.25) is 5.43 Å². The Morgan fingerprint density at radius 2 is 1.91 bits per heavy atom. The van der Waals surface area contributed by atoms with Crippen molar-refractivity contribution < 1.29 is 9.21 Å². The molecule has 0 spiro atoms. The molecule has 0 fully saturated rings. The molecule has 7 nitrogen and oxygen atoms in total. The molecule has 1 N–H and O–H groups in total. The van der Waals surface area contributed by atoms with Gasteiger partial charge in [0.05, 0.1) is 22.7 Å². The molecule has 0 unspecified atom stereocenters. The van der Waals surface area contributed by atoms with Crippen molar-refractivity contribution in [3.63, 3.8) is 0 Å². The van der Waals surface area contributed by atoms with Crippen LogP contribution in [0.2, 0.25) is 0 Å². The van der Waals surface area contributed by atoms with E-state index in [2.05, 4.69) is 27.2 Å². The van der Waals surface area contributed by atoms with E-state index < -0.39 is 6.04 Å². The average molecular weight is 463 g/mol. The van der Waals surface area contributed by atoms with Crippen LogP contribution < -0.4 is 10.7 Å². The largest absolute Gasteiger partial charge is 0.458 e. The maximum Gasteiger partial charge on any atom is 0.257 e. The third-order valence-electron chi connectivity index (χ3n) is 5.81. The molecule has 3 heterocycles. The molecule has 1 amide bonds.